The molecule has 0 bridgehead atoms. The fraction of sp³-hybridized carbons (Fsp3) is 0.200. The summed E-state index contributed by atoms with van der Waals surface area (Å²) in [4.78, 5) is 0. The van der Waals surface area contributed by atoms with Gasteiger partial charge in [0.25, 0.3) is 0 Å². The number of rotatable bonds is 4. The lowest BCUT2D eigenvalue weighted by Gasteiger charge is -2.16. The molecule has 0 saturated carbocycles. The van der Waals surface area contributed by atoms with E-state index in [1.54, 1.807) is 6.92 Å². The minimum atomic E-state index is -1.36. The van der Waals surface area contributed by atoms with Gasteiger partial charge in [0.2, 0.25) is 0 Å². The topological polar surface area (TPSA) is 29.5 Å². The number of aliphatic hydroxyl groups is 1. The Bertz CT molecular complexity index is 662. The van der Waals surface area contributed by atoms with Gasteiger partial charge in [-0.05, 0) is 19.1 Å². The van der Waals surface area contributed by atoms with Gasteiger partial charge in [-0.1, -0.05) is 29.3 Å². The highest BCUT2D eigenvalue weighted by atomic mass is 35.5. The SMILES string of the molecule is CCOc1cc(Cl)c(C(O)c2ccc(F)cc2F)cc1Cl. The summed E-state index contributed by atoms with van der Waals surface area (Å²) in [7, 11) is 0. The molecule has 0 spiro atoms. The molecule has 112 valence electrons. The molecule has 2 nitrogen and oxygen atoms in total. The van der Waals surface area contributed by atoms with E-state index in [0.29, 0.717) is 18.4 Å². The Morgan fingerprint density at radius 2 is 1.81 bits per heavy atom. The first-order valence-electron chi connectivity index (χ1n) is 6.18. The molecule has 2 rings (SSSR count). The summed E-state index contributed by atoms with van der Waals surface area (Å²) >= 11 is 12.1. The lowest BCUT2D eigenvalue weighted by Crippen LogP contribution is -2.04. The maximum absolute atomic E-state index is 13.7. The van der Waals surface area contributed by atoms with Gasteiger partial charge in [0.05, 0.1) is 16.7 Å². The Morgan fingerprint density at radius 1 is 1.10 bits per heavy atom. The first-order valence-corrected chi connectivity index (χ1v) is 6.94. The first-order chi connectivity index (χ1) is 9.93. The van der Waals surface area contributed by atoms with E-state index < -0.39 is 17.7 Å². The molecule has 1 unspecified atom stereocenters. The van der Waals surface area contributed by atoms with Crippen LogP contribution in [-0.4, -0.2) is 11.7 Å². The van der Waals surface area contributed by atoms with Gasteiger partial charge < -0.3 is 9.84 Å². The number of hydrogen-bond acceptors (Lipinski definition) is 2. The summed E-state index contributed by atoms with van der Waals surface area (Å²) in [5, 5.41) is 10.7. The molecule has 1 atom stereocenters. The molecule has 6 heteroatoms. The van der Waals surface area contributed by atoms with Crippen molar-refractivity contribution in [1.82, 2.24) is 0 Å². The smallest absolute Gasteiger partial charge is 0.139 e. The molecule has 0 heterocycles. The van der Waals surface area contributed by atoms with E-state index in [-0.39, 0.29) is 21.2 Å². The molecule has 0 fully saturated rings. The zero-order valence-corrected chi connectivity index (χ0v) is 12.6. The summed E-state index contributed by atoms with van der Waals surface area (Å²) in [6, 6.07) is 5.78. The van der Waals surface area contributed by atoms with Crippen molar-refractivity contribution in [3.8, 4) is 5.75 Å². The number of hydrogen-bond donors (Lipinski definition) is 1. The van der Waals surface area contributed by atoms with Crippen molar-refractivity contribution in [2.45, 2.75) is 13.0 Å². The van der Waals surface area contributed by atoms with Gasteiger partial charge in [0.15, 0.2) is 0 Å². The Labute approximate surface area is 130 Å². The van der Waals surface area contributed by atoms with Crippen LogP contribution in [0, 0.1) is 11.6 Å². The van der Waals surface area contributed by atoms with Crippen LogP contribution >= 0.6 is 23.2 Å². The molecule has 0 aromatic heterocycles. The van der Waals surface area contributed by atoms with Crippen LogP contribution in [0.5, 0.6) is 5.75 Å². The molecule has 2 aromatic carbocycles. The van der Waals surface area contributed by atoms with Gasteiger partial charge in [-0.15, -0.1) is 0 Å². The fourth-order valence-electron chi connectivity index (χ4n) is 1.91. The maximum Gasteiger partial charge on any atom is 0.139 e. The van der Waals surface area contributed by atoms with Crippen LogP contribution in [0.1, 0.15) is 24.2 Å². The van der Waals surface area contributed by atoms with Crippen molar-refractivity contribution in [2.24, 2.45) is 0 Å². The van der Waals surface area contributed by atoms with Gasteiger partial charge in [0.1, 0.15) is 23.5 Å². The van der Waals surface area contributed by atoms with Gasteiger partial charge in [-0.25, -0.2) is 8.78 Å². The zero-order chi connectivity index (χ0) is 15.6. The molecule has 0 aliphatic heterocycles. The third-order valence-electron chi connectivity index (χ3n) is 2.90. The van der Waals surface area contributed by atoms with Crippen LogP contribution in [0.15, 0.2) is 30.3 Å². The van der Waals surface area contributed by atoms with Gasteiger partial charge in [0, 0.05) is 23.3 Å². The first kappa shape index (κ1) is 16.0. The quantitative estimate of drug-likeness (QED) is 0.875. The summed E-state index contributed by atoms with van der Waals surface area (Å²) in [6.07, 6.45) is -1.36. The average molecular weight is 333 g/mol. The Balaban J connectivity index is 2.43. The second-order valence-electron chi connectivity index (χ2n) is 4.31. The molecule has 0 aliphatic rings. The van der Waals surface area contributed by atoms with E-state index in [2.05, 4.69) is 0 Å². The van der Waals surface area contributed by atoms with Crippen LogP contribution < -0.4 is 4.74 Å². The summed E-state index contributed by atoms with van der Waals surface area (Å²) in [5.41, 5.74) is 0.133. The van der Waals surface area contributed by atoms with Gasteiger partial charge in [-0.3, -0.25) is 0 Å². The number of ether oxygens (including phenoxy) is 1. The van der Waals surface area contributed by atoms with E-state index >= 15 is 0 Å². The van der Waals surface area contributed by atoms with Crippen molar-refractivity contribution in [3.05, 3.63) is 63.1 Å². The number of benzene rings is 2. The Morgan fingerprint density at radius 3 is 2.43 bits per heavy atom. The van der Waals surface area contributed by atoms with E-state index in [0.717, 1.165) is 12.1 Å². The largest absolute Gasteiger partial charge is 0.492 e. The van der Waals surface area contributed by atoms with Crippen molar-refractivity contribution in [2.75, 3.05) is 6.61 Å². The molecule has 0 aliphatic carbocycles. The predicted octanol–water partition coefficient (Wildman–Crippen LogP) is 4.75. The Hall–Kier alpha value is -1.36. The molecular formula is C15H12Cl2F2O2. The highest BCUT2D eigenvalue weighted by Crippen LogP contribution is 2.37. The maximum atomic E-state index is 13.7. The lowest BCUT2D eigenvalue weighted by molar-refractivity contribution is 0.214. The molecule has 0 radical (unpaired) electrons. The molecular weight excluding hydrogens is 321 g/mol. The van der Waals surface area contributed by atoms with Crippen molar-refractivity contribution in [1.29, 1.82) is 0 Å². The average Bonchev–Trinajstić information content (AvgIpc) is 2.42. The normalized spacial score (nSPS) is 12.3. The second kappa shape index (κ2) is 6.60. The number of halogens is 4. The van der Waals surface area contributed by atoms with Gasteiger partial charge >= 0.3 is 0 Å². The Kier molecular flexibility index (Phi) is 5.04. The molecule has 1 N–H and O–H groups in total. The van der Waals surface area contributed by atoms with E-state index in [1.807, 2.05) is 0 Å². The minimum Gasteiger partial charge on any atom is -0.492 e. The third kappa shape index (κ3) is 3.46. The van der Waals surface area contributed by atoms with Crippen LogP contribution in [0.4, 0.5) is 8.78 Å². The van der Waals surface area contributed by atoms with Crippen molar-refractivity contribution >= 4 is 23.2 Å². The number of aliphatic hydroxyl groups excluding tert-OH is 1. The van der Waals surface area contributed by atoms with Crippen LogP contribution in [-0.2, 0) is 0 Å². The monoisotopic (exact) mass is 332 g/mol. The van der Waals surface area contributed by atoms with Gasteiger partial charge in [-0.2, -0.15) is 0 Å². The fourth-order valence-corrected chi connectivity index (χ4v) is 2.39. The van der Waals surface area contributed by atoms with E-state index in [9.17, 15) is 13.9 Å². The minimum absolute atomic E-state index is 0.0847. The summed E-state index contributed by atoms with van der Waals surface area (Å²) in [5.74, 6) is -1.21. The zero-order valence-electron chi connectivity index (χ0n) is 11.0. The predicted molar refractivity (Wildman–Crippen MR) is 78.1 cm³/mol. The summed E-state index contributed by atoms with van der Waals surface area (Å²) in [6.45, 7) is 2.20. The van der Waals surface area contributed by atoms with E-state index in [4.69, 9.17) is 27.9 Å². The van der Waals surface area contributed by atoms with Crippen LogP contribution in [0.3, 0.4) is 0 Å². The third-order valence-corrected chi connectivity index (χ3v) is 3.53. The molecule has 2 aromatic rings. The molecule has 0 saturated heterocycles. The summed E-state index contributed by atoms with van der Waals surface area (Å²) < 4.78 is 31.9. The van der Waals surface area contributed by atoms with Crippen molar-refractivity contribution in [3.63, 3.8) is 0 Å². The highest BCUT2D eigenvalue weighted by Gasteiger charge is 2.20. The molecule has 21 heavy (non-hydrogen) atoms. The second-order valence-corrected chi connectivity index (χ2v) is 5.12. The molecule has 0 amide bonds. The standard InChI is InChI=1S/C15H12Cl2F2O2/c1-2-21-14-7-11(16)10(6-12(14)17)15(20)9-4-3-8(18)5-13(9)19/h3-7,15,20H,2H2,1H3. The lowest BCUT2D eigenvalue weighted by atomic mass is 10.0. The highest BCUT2D eigenvalue weighted by molar-refractivity contribution is 6.34. The van der Waals surface area contributed by atoms with Crippen molar-refractivity contribution < 1.29 is 18.6 Å². The van der Waals surface area contributed by atoms with E-state index in [1.165, 1.54) is 12.1 Å². The van der Waals surface area contributed by atoms with Crippen LogP contribution in [0.25, 0.3) is 0 Å². The van der Waals surface area contributed by atoms with Crippen LogP contribution in [0.2, 0.25) is 10.0 Å².